The van der Waals surface area contributed by atoms with Crippen LogP contribution in [-0.4, -0.2) is 19.6 Å². The van der Waals surface area contributed by atoms with Gasteiger partial charge in [0.05, 0.1) is 22.3 Å². The first-order chi connectivity index (χ1) is 42.0. The van der Waals surface area contributed by atoms with Gasteiger partial charge in [-0.3, -0.25) is 9.55 Å². The summed E-state index contributed by atoms with van der Waals surface area (Å²) in [5.41, 5.74) is -11.7. The number of pyridine rings is 1. The number of benzene rings is 6. The number of fused-ring (bicyclic) bond motifs is 1. The molecule has 67 heavy (non-hydrogen) atoms. The van der Waals surface area contributed by atoms with E-state index in [9.17, 15) is 5.11 Å². The summed E-state index contributed by atoms with van der Waals surface area (Å²) < 4.78 is 234. The van der Waals surface area contributed by atoms with E-state index in [1.807, 2.05) is 90.1 Å². The molecular weight excluding hydrogens is 998 g/mol. The Bertz CT molecular complexity index is 4000. The maximum Gasteiger partial charge on any atom is 0.148 e. The zero-order chi connectivity index (χ0) is 70.2. The van der Waals surface area contributed by atoms with Crippen molar-refractivity contribution >= 4 is 11.0 Å². The van der Waals surface area contributed by atoms with Crippen molar-refractivity contribution in [2.45, 2.75) is 130 Å². The van der Waals surface area contributed by atoms with Crippen LogP contribution in [0.2, 0.25) is 0 Å². The third-order valence-electron chi connectivity index (χ3n) is 11.7. The second kappa shape index (κ2) is 17.8. The SMILES string of the molecule is [2H]C([2H])([2H])C(c1ccc(-c2ccnc(-c3[c-]c(-c4cccc5c4nc(-c4cc(C(C([2H])([2H])[2H])(C([2H])([2H])[2H])C([2H])([2H])[2H])cc(C(C([2H])([2H])[2H])(C([2H])([2H])[2H])C([2H])([2H])[2H])c4O)n5-c4ccc(-c5ccccc5)cc4C(C)(C)C)cc(C(C)(C)C)c3)c2)cc1)(C([2H])([2H])[2H])C([2H])([2H])[2H].[Pt]. The van der Waals surface area contributed by atoms with Crippen LogP contribution in [0.25, 0.3) is 72.7 Å². The molecule has 4 nitrogen and oxygen atoms in total. The summed E-state index contributed by atoms with van der Waals surface area (Å²) in [5, 5.41) is 13.1. The molecule has 0 atom stereocenters. The minimum absolute atomic E-state index is 0. The monoisotopic (exact) mass is 1090 g/mol. The maximum absolute atomic E-state index is 13.1. The maximum atomic E-state index is 13.1. The fourth-order valence-electron chi connectivity index (χ4n) is 8.15. The largest absolute Gasteiger partial charge is 0.507 e. The second-order valence-electron chi connectivity index (χ2n) is 18.9. The molecule has 1 N–H and O–H groups in total. The molecule has 348 valence electrons. The summed E-state index contributed by atoms with van der Waals surface area (Å²) in [5.74, 6) is -1.92. The Morgan fingerprint density at radius 2 is 1.12 bits per heavy atom. The smallest absolute Gasteiger partial charge is 0.148 e. The number of nitrogens with zero attached hydrogens (tertiary/aromatic N) is 3. The molecule has 0 aliphatic heterocycles. The van der Waals surface area contributed by atoms with Gasteiger partial charge in [-0.05, 0) is 96.4 Å². The molecule has 8 aromatic rings. The molecule has 2 aromatic heterocycles. The van der Waals surface area contributed by atoms with Gasteiger partial charge in [-0.15, -0.1) is 29.3 Å². The molecule has 0 saturated heterocycles. The van der Waals surface area contributed by atoms with E-state index in [2.05, 4.69) is 6.07 Å². The zero-order valence-electron chi connectivity index (χ0n) is 64.8. The van der Waals surface area contributed by atoms with Crippen LogP contribution in [0.3, 0.4) is 0 Å². The topological polar surface area (TPSA) is 50.9 Å². The molecule has 0 amide bonds. The summed E-state index contributed by atoms with van der Waals surface area (Å²) in [7, 11) is 0. The van der Waals surface area contributed by atoms with Gasteiger partial charge in [0.25, 0.3) is 0 Å². The van der Waals surface area contributed by atoms with Gasteiger partial charge in [0.1, 0.15) is 11.6 Å². The van der Waals surface area contributed by atoms with Crippen LogP contribution >= 0.6 is 0 Å². The Hall–Kier alpha value is -5.57. The van der Waals surface area contributed by atoms with Crippen molar-refractivity contribution in [1.29, 1.82) is 0 Å². The van der Waals surface area contributed by atoms with Gasteiger partial charge in [-0.1, -0.05) is 199 Å². The molecular formula is C62H68N3OPt-. The molecule has 6 aromatic carbocycles. The minimum Gasteiger partial charge on any atom is -0.507 e. The van der Waals surface area contributed by atoms with E-state index in [0.717, 1.165) is 17.7 Å². The van der Waals surface area contributed by atoms with E-state index in [-0.39, 0.29) is 49.4 Å². The van der Waals surface area contributed by atoms with E-state index in [1.165, 1.54) is 22.9 Å². The van der Waals surface area contributed by atoms with Crippen molar-refractivity contribution in [1.82, 2.24) is 14.5 Å². The van der Waals surface area contributed by atoms with Gasteiger partial charge in [0, 0.05) is 75.5 Å². The van der Waals surface area contributed by atoms with Crippen LogP contribution in [0.1, 0.15) is 168 Å². The fourth-order valence-corrected chi connectivity index (χ4v) is 8.15. The predicted octanol–water partition coefficient (Wildman–Crippen LogP) is 16.7. The standard InChI is InChI=1S/C62H68N3O.Pt/c1-58(2,3)45-27-24-40(25-28-45)42-30-31-63-52(36-42)44-32-43(33-46(34-44)59(4,5)6)48-22-19-23-54-55(48)64-57(49-37-47(60(7,8)9)38-51(56(49)66)62(13,14)15)65(54)53-29-26-41(35-50(53)61(10,11)12)39-20-17-16-18-21-39;/h16-31,33-38,66H,1-15H3;/q-1;/i1D3,2D3,3D3,7D3,8D3,9D3,13D3,14D3,15D3;. The summed E-state index contributed by atoms with van der Waals surface area (Å²) in [6.07, 6.45) is 1.48. The molecule has 0 aliphatic rings. The van der Waals surface area contributed by atoms with Crippen LogP contribution in [0, 0.1) is 6.07 Å². The van der Waals surface area contributed by atoms with Crippen LogP contribution in [0.5, 0.6) is 5.75 Å². The molecule has 0 aliphatic carbocycles. The van der Waals surface area contributed by atoms with E-state index in [0.29, 0.717) is 50.7 Å². The van der Waals surface area contributed by atoms with Crippen LogP contribution < -0.4 is 0 Å². The van der Waals surface area contributed by atoms with Crippen LogP contribution in [0.4, 0.5) is 0 Å². The summed E-state index contributed by atoms with van der Waals surface area (Å²) in [4.78, 5) is 9.85. The Morgan fingerprint density at radius 3 is 1.78 bits per heavy atom. The van der Waals surface area contributed by atoms with Gasteiger partial charge >= 0.3 is 0 Å². The molecule has 0 bridgehead atoms. The average molecular weight is 1090 g/mol. The summed E-state index contributed by atoms with van der Waals surface area (Å²) in [6, 6.07) is 35.9. The average Bonchev–Trinajstić information content (AvgIpc) is 0.786. The number of aromatic nitrogens is 3. The van der Waals surface area contributed by atoms with Gasteiger partial charge in [-0.2, -0.15) is 0 Å². The van der Waals surface area contributed by atoms with E-state index in [4.69, 9.17) is 47.0 Å². The van der Waals surface area contributed by atoms with Crippen molar-refractivity contribution in [3.05, 3.63) is 167 Å². The molecule has 0 unspecified atom stereocenters. The number of phenolic OH excluding ortho intramolecular Hbond substituents is 1. The van der Waals surface area contributed by atoms with E-state index >= 15 is 0 Å². The Kier molecular flexibility index (Phi) is 6.69. The van der Waals surface area contributed by atoms with Crippen molar-refractivity contribution in [3.8, 4) is 67.5 Å². The summed E-state index contributed by atoms with van der Waals surface area (Å²) >= 11 is 0. The van der Waals surface area contributed by atoms with Gasteiger partial charge in [-0.25, -0.2) is 4.98 Å². The first kappa shape index (κ1) is 25.2. The first-order valence-electron chi connectivity index (χ1n) is 34.8. The number of aromatic hydroxyl groups is 1. The number of hydrogen-bond acceptors (Lipinski definition) is 3. The third kappa shape index (κ3) is 10.0. The second-order valence-corrected chi connectivity index (χ2v) is 18.9. The van der Waals surface area contributed by atoms with Crippen molar-refractivity contribution in [2.75, 3.05) is 0 Å². The molecule has 0 radical (unpaired) electrons. The molecule has 0 saturated carbocycles. The number of hydrogen-bond donors (Lipinski definition) is 1. The van der Waals surface area contributed by atoms with Gasteiger partial charge in [0.2, 0.25) is 0 Å². The molecule has 2 heterocycles. The summed E-state index contributed by atoms with van der Waals surface area (Å²) in [6.45, 7) is -24.0. The number of rotatable bonds is 6. The predicted molar refractivity (Wildman–Crippen MR) is 280 cm³/mol. The Labute approximate surface area is 453 Å². The molecule has 5 heteroatoms. The van der Waals surface area contributed by atoms with Gasteiger partial charge in [0.15, 0.2) is 0 Å². The van der Waals surface area contributed by atoms with Gasteiger partial charge < -0.3 is 5.11 Å². The third-order valence-corrected chi connectivity index (χ3v) is 11.7. The number of para-hydroxylation sites is 1. The van der Waals surface area contributed by atoms with Crippen LogP contribution in [-0.2, 0) is 48.1 Å². The van der Waals surface area contributed by atoms with Crippen molar-refractivity contribution < 1.29 is 63.2 Å². The zero-order valence-corrected chi connectivity index (χ0v) is 40.1. The number of imidazole rings is 1. The quantitative estimate of drug-likeness (QED) is 0.169. The molecule has 8 rings (SSSR count). The Morgan fingerprint density at radius 1 is 0.507 bits per heavy atom. The Balaban J connectivity index is 0.0000125. The molecule has 0 fully saturated rings. The van der Waals surface area contributed by atoms with Crippen molar-refractivity contribution in [3.63, 3.8) is 0 Å². The van der Waals surface area contributed by atoms with Crippen LogP contribution in [0.15, 0.2) is 134 Å². The van der Waals surface area contributed by atoms with E-state index < -0.39 is 123 Å². The van der Waals surface area contributed by atoms with Crippen molar-refractivity contribution in [2.24, 2.45) is 0 Å². The molecule has 0 spiro atoms. The normalized spacial score (nSPS) is 20.3. The minimum atomic E-state index is -4.21. The number of phenols is 1. The van der Waals surface area contributed by atoms with E-state index in [1.54, 1.807) is 42.5 Å². The fraction of sp³-hybridized carbons (Fsp3) is 0.323. The first-order valence-corrected chi connectivity index (χ1v) is 21.3.